The van der Waals surface area contributed by atoms with E-state index < -0.39 is 12.6 Å². The highest BCUT2D eigenvalue weighted by atomic mass is 19.4. The Morgan fingerprint density at radius 2 is 1.75 bits per heavy atom. The van der Waals surface area contributed by atoms with Gasteiger partial charge in [-0.25, -0.2) is 9.97 Å². The minimum atomic E-state index is -4.07. The van der Waals surface area contributed by atoms with Crippen molar-refractivity contribution in [1.82, 2.24) is 9.97 Å². The molecule has 0 aliphatic heterocycles. The molecule has 1 aromatic heterocycles. The van der Waals surface area contributed by atoms with Gasteiger partial charge in [-0.3, -0.25) is 0 Å². The van der Waals surface area contributed by atoms with Crippen LogP contribution in [0.5, 0.6) is 0 Å². The molecule has 0 aliphatic carbocycles. The number of aromatic nitrogens is 2. The molecular formula is C13H21F3N4. The summed E-state index contributed by atoms with van der Waals surface area (Å²) in [7, 11) is 1.78. The van der Waals surface area contributed by atoms with Gasteiger partial charge in [0.1, 0.15) is 17.5 Å². The summed E-state index contributed by atoms with van der Waals surface area (Å²) < 4.78 is 36.1. The monoisotopic (exact) mass is 290 g/mol. The molecule has 0 aliphatic rings. The third kappa shape index (κ3) is 5.22. The fraction of sp³-hybridized carbons (Fsp3) is 0.692. The second kappa shape index (κ2) is 7.31. The summed E-state index contributed by atoms with van der Waals surface area (Å²) in [5, 5.41) is 6.08. The second-order valence-electron chi connectivity index (χ2n) is 4.56. The van der Waals surface area contributed by atoms with E-state index >= 15 is 0 Å². The van der Waals surface area contributed by atoms with Crippen LogP contribution in [0.2, 0.25) is 0 Å². The molecule has 0 fully saturated rings. The van der Waals surface area contributed by atoms with Crippen molar-refractivity contribution in [3.63, 3.8) is 0 Å². The molecule has 0 unspecified atom stereocenters. The fourth-order valence-electron chi connectivity index (χ4n) is 1.79. The van der Waals surface area contributed by atoms with E-state index in [-0.39, 0.29) is 6.42 Å². The number of alkyl halides is 3. The first-order valence-electron chi connectivity index (χ1n) is 6.73. The Hall–Kier alpha value is -1.53. The highest BCUT2D eigenvalue weighted by Gasteiger charge is 2.25. The van der Waals surface area contributed by atoms with Gasteiger partial charge in [-0.15, -0.1) is 0 Å². The molecule has 2 N–H and O–H groups in total. The lowest BCUT2D eigenvalue weighted by Crippen LogP contribution is -2.12. The van der Waals surface area contributed by atoms with Gasteiger partial charge in [0.2, 0.25) is 0 Å². The van der Waals surface area contributed by atoms with Crippen molar-refractivity contribution >= 4 is 11.6 Å². The molecule has 0 spiro atoms. The summed E-state index contributed by atoms with van der Waals surface area (Å²) >= 11 is 0. The van der Waals surface area contributed by atoms with Gasteiger partial charge < -0.3 is 10.6 Å². The third-order valence-corrected chi connectivity index (χ3v) is 2.92. The molecule has 20 heavy (non-hydrogen) atoms. The Balaban J connectivity index is 2.55. The van der Waals surface area contributed by atoms with Crippen LogP contribution >= 0.6 is 0 Å². The Morgan fingerprint density at radius 1 is 1.10 bits per heavy atom. The van der Waals surface area contributed by atoms with E-state index in [0.717, 1.165) is 11.4 Å². The summed E-state index contributed by atoms with van der Waals surface area (Å²) in [5.74, 6) is 2.14. The number of hydrogen-bond acceptors (Lipinski definition) is 4. The number of anilines is 2. The topological polar surface area (TPSA) is 49.8 Å². The first-order chi connectivity index (χ1) is 9.37. The molecule has 0 saturated heterocycles. The molecule has 7 heteroatoms. The van der Waals surface area contributed by atoms with Crippen LogP contribution in [0.25, 0.3) is 0 Å². The Labute approximate surface area is 117 Å². The lowest BCUT2D eigenvalue weighted by atomic mass is 10.2. The maximum Gasteiger partial charge on any atom is 0.389 e. The van der Waals surface area contributed by atoms with E-state index in [1.807, 2.05) is 13.8 Å². The van der Waals surface area contributed by atoms with Crippen molar-refractivity contribution < 1.29 is 13.2 Å². The number of aryl methyl sites for hydroxylation is 1. The van der Waals surface area contributed by atoms with Gasteiger partial charge in [-0.05, 0) is 19.8 Å². The highest BCUT2D eigenvalue weighted by Crippen LogP contribution is 2.23. The first kappa shape index (κ1) is 16.5. The molecule has 114 valence electrons. The van der Waals surface area contributed by atoms with Crippen molar-refractivity contribution in [1.29, 1.82) is 0 Å². The Bertz CT molecular complexity index is 432. The summed E-state index contributed by atoms with van der Waals surface area (Å²) in [4.78, 5) is 8.70. The van der Waals surface area contributed by atoms with Crippen LogP contribution in [0.1, 0.15) is 37.6 Å². The highest BCUT2D eigenvalue weighted by molar-refractivity contribution is 5.56. The molecule has 0 aromatic carbocycles. The van der Waals surface area contributed by atoms with E-state index in [0.29, 0.717) is 31.0 Å². The number of unbranched alkanes of at least 4 members (excludes halogenated alkanes) is 1. The predicted molar refractivity (Wildman–Crippen MR) is 74.1 cm³/mol. The summed E-state index contributed by atoms with van der Waals surface area (Å²) in [6, 6.07) is 0. The standard InChI is InChI=1S/C13H21F3N4/c1-4-10-19-11(17-3)9(2)12(20-10)18-8-6-5-7-13(14,15)16/h4-8H2,1-3H3,(H2,17,18,19,20). The molecule has 0 saturated carbocycles. The van der Waals surface area contributed by atoms with E-state index in [4.69, 9.17) is 0 Å². The van der Waals surface area contributed by atoms with Crippen molar-refractivity contribution in [3.8, 4) is 0 Å². The molecule has 0 atom stereocenters. The molecule has 1 rings (SSSR count). The SMILES string of the molecule is CCc1nc(NC)c(C)c(NCCCCC(F)(F)F)n1. The zero-order valence-corrected chi connectivity index (χ0v) is 12.1. The number of nitrogens with zero attached hydrogens (tertiary/aromatic N) is 2. The van der Waals surface area contributed by atoms with E-state index in [9.17, 15) is 13.2 Å². The van der Waals surface area contributed by atoms with Gasteiger partial charge in [-0.1, -0.05) is 6.92 Å². The minimum absolute atomic E-state index is 0.125. The Morgan fingerprint density at radius 3 is 2.30 bits per heavy atom. The van der Waals surface area contributed by atoms with Crippen LogP contribution in [-0.2, 0) is 6.42 Å². The van der Waals surface area contributed by atoms with E-state index in [1.165, 1.54) is 0 Å². The van der Waals surface area contributed by atoms with Gasteiger partial charge in [-0.2, -0.15) is 13.2 Å². The maximum absolute atomic E-state index is 12.0. The minimum Gasteiger partial charge on any atom is -0.373 e. The van der Waals surface area contributed by atoms with Crippen LogP contribution < -0.4 is 10.6 Å². The van der Waals surface area contributed by atoms with Crippen LogP contribution in [-0.4, -0.2) is 29.7 Å². The molecule has 1 aromatic rings. The van der Waals surface area contributed by atoms with Crippen LogP contribution in [0.4, 0.5) is 24.8 Å². The van der Waals surface area contributed by atoms with Crippen molar-refractivity contribution in [3.05, 3.63) is 11.4 Å². The number of rotatable bonds is 7. The lowest BCUT2D eigenvalue weighted by molar-refractivity contribution is -0.135. The van der Waals surface area contributed by atoms with Crippen molar-refractivity contribution in [2.75, 3.05) is 24.2 Å². The number of hydrogen-bond donors (Lipinski definition) is 2. The summed E-state index contributed by atoms with van der Waals surface area (Å²) in [5.41, 5.74) is 0.875. The first-order valence-corrected chi connectivity index (χ1v) is 6.73. The summed E-state index contributed by atoms with van der Waals surface area (Å²) in [6.45, 7) is 4.31. The van der Waals surface area contributed by atoms with Crippen LogP contribution in [0, 0.1) is 6.92 Å². The summed E-state index contributed by atoms with van der Waals surface area (Å²) in [6.07, 6.45) is -3.52. The van der Waals surface area contributed by atoms with Crippen molar-refractivity contribution in [2.45, 2.75) is 45.7 Å². The van der Waals surface area contributed by atoms with Crippen LogP contribution in [0.3, 0.4) is 0 Å². The van der Waals surface area contributed by atoms with Gasteiger partial charge >= 0.3 is 6.18 Å². The van der Waals surface area contributed by atoms with E-state index in [1.54, 1.807) is 7.05 Å². The van der Waals surface area contributed by atoms with Gasteiger partial charge in [0.15, 0.2) is 0 Å². The van der Waals surface area contributed by atoms with Gasteiger partial charge in [0.05, 0.1) is 0 Å². The zero-order valence-electron chi connectivity index (χ0n) is 12.1. The molecule has 0 radical (unpaired) electrons. The number of halogens is 3. The average Bonchev–Trinajstić information content (AvgIpc) is 2.38. The Kier molecular flexibility index (Phi) is 6.04. The molecule has 1 heterocycles. The lowest BCUT2D eigenvalue weighted by Gasteiger charge is -2.13. The molecular weight excluding hydrogens is 269 g/mol. The smallest absolute Gasteiger partial charge is 0.373 e. The molecule has 0 amide bonds. The van der Waals surface area contributed by atoms with Gasteiger partial charge in [0, 0.05) is 32.0 Å². The third-order valence-electron chi connectivity index (χ3n) is 2.92. The average molecular weight is 290 g/mol. The van der Waals surface area contributed by atoms with Gasteiger partial charge in [0.25, 0.3) is 0 Å². The van der Waals surface area contributed by atoms with E-state index in [2.05, 4.69) is 20.6 Å². The van der Waals surface area contributed by atoms with Crippen LogP contribution in [0.15, 0.2) is 0 Å². The molecule has 4 nitrogen and oxygen atoms in total. The maximum atomic E-state index is 12.0. The zero-order chi connectivity index (χ0) is 15.2. The number of nitrogens with one attached hydrogen (secondary N) is 2. The fourth-order valence-corrected chi connectivity index (χ4v) is 1.79. The second-order valence-corrected chi connectivity index (χ2v) is 4.56. The normalized spacial score (nSPS) is 11.5. The predicted octanol–water partition coefficient (Wildman–Crippen LogP) is 3.53. The van der Waals surface area contributed by atoms with Crippen molar-refractivity contribution in [2.24, 2.45) is 0 Å². The molecule has 0 bridgehead atoms. The quantitative estimate of drug-likeness (QED) is 0.754. The largest absolute Gasteiger partial charge is 0.389 e.